The fraction of sp³-hybridized carbons (Fsp3) is 0.556. The van der Waals surface area contributed by atoms with Crippen LogP contribution < -0.4 is 10.6 Å². The van der Waals surface area contributed by atoms with Crippen LogP contribution in [0.15, 0.2) is 24.3 Å². The lowest BCUT2D eigenvalue weighted by atomic mass is 9.94. The molecule has 1 spiro atoms. The molecule has 130 valence electrons. The van der Waals surface area contributed by atoms with Crippen molar-refractivity contribution < 1.29 is 19.1 Å². The van der Waals surface area contributed by atoms with Gasteiger partial charge in [-0.2, -0.15) is 0 Å². The predicted octanol–water partition coefficient (Wildman–Crippen LogP) is 2.13. The van der Waals surface area contributed by atoms with Crippen molar-refractivity contribution in [2.45, 2.75) is 50.9 Å². The van der Waals surface area contributed by atoms with Gasteiger partial charge in [-0.25, -0.2) is 0 Å². The molecule has 3 rings (SSSR count). The third-order valence-corrected chi connectivity index (χ3v) is 4.54. The van der Waals surface area contributed by atoms with E-state index in [1.807, 2.05) is 19.1 Å². The van der Waals surface area contributed by atoms with Crippen LogP contribution in [0.5, 0.6) is 0 Å². The van der Waals surface area contributed by atoms with Crippen LogP contribution in [0.4, 0.5) is 5.69 Å². The SMILES string of the molecule is Cc1ccc(NC(=O)C(=O)NCC2COC3(CCCCC3)O2)cc1. The number of amides is 2. The summed E-state index contributed by atoms with van der Waals surface area (Å²) in [6.07, 6.45) is 5.06. The lowest BCUT2D eigenvalue weighted by Gasteiger charge is -2.31. The van der Waals surface area contributed by atoms with Crippen molar-refractivity contribution in [1.82, 2.24) is 5.32 Å². The summed E-state index contributed by atoms with van der Waals surface area (Å²) in [5, 5.41) is 5.20. The fourth-order valence-corrected chi connectivity index (χ4v) is 3.18. The third-order valence-electron chi connectivity index (χ3n) is 4.54. The molecular formula is C18H24N2O4. The minimum Gasteiger partial charge on any atom is -0.347 e. The quantitative estimate of drug-likeness (QED) is 0.831. The van der Waals surface area contributed by atoms with Crippen LogP contribution in [-0.4, -0.2) is 36.9 Å². The molecule has 24 heavy (non-hydrogen) atoms. The molecule has 6 nitrogen and oxygen atoms in total. The number of hydrogen-bond donors (Lipinski definition) is 2. The van der Waals surface area contributed by atoms with Gasteiger partial charge < -0.3 is 20.1 Å². The van der Waals surface area contributed by atoms with Crippen LogP contribution in [0.1, 0.15) is 37.7 Å². The van der Waals surface area contributed by atoms with Gasteiger partial charge in [-0.1, -0.05) is 24.1 Å². The van der Waals surface area contributed by atoms with Gasteiger partial charge in [0, 0.05) is 25.1 Å². The highest BCUT2D eigenvalue weighted by atomic mass is 16.7. The van der Waals surface area contributed by atoms with Crippen LogP contribution in [0, 0.1) is 6.92 Å². The maximum Gasteiger partial charge on any atom is 0.313 e. The number of anilines is 1. The topological polar surface area (TPSA) is 76.7 Å². The Hall–Kier alpha value is -1.92. The molecule has 1 aliphatic carbocycles. The highest BCUT2D eigenvalue weighted by Crippen LogP contribution is 2.37. The second-order valence-corrected chi connectivity index (χ2v) is 6.55. The first-order valence-corrected chi connectivity index (χ1v) is 8.54. The summed E-state index contributed by atoms with van der Waals surface area (Å²) < 4.78 is 11.8. The summed E-state index contributed by atoms with van der Waals surface area (Å²) in [5.74, 6) is -1.80. The zero-order valence-electron chi connectivity index (χ0n) is 14.0. The second-order valence-electron chi connectivity index (χ2n) is 6.55. The van der Waals surface area contributed by atoms with Crippen molar-refractivity contribution in [1.29, 1.82) is 0 Å². The van der Waals surface area contributed by atoms with Gasteiger partial charge in [-0.3, -0.25) is 9.59 Å². The van der Waals surface area contributed by atoms with E-state index in [0.29, 0.717) is 12.3 Å². The van der Waals surface area contributed by atoms with E-state index < -0.39 is 17.6 Å². The number of aryl methyl sites for hydroxylation is 1. The standard InChI is InChI=1S/C18H24N2O4/c1-13-5-7-14(8-6-13)20-17(22)16(21)19-11-15-12-23-18(24-15)9-3-2-4-10-18/h5-8,15H,2-4,9-12H2,1H3,(H,19,21)(H,20,22). The van der Waals surface area contributed by atoms with Gasteiger partial charge in [0.15, 0.2) is 5.79 Å². The summed E-state index contributed by atoms with van der Waals surface area (Å²) in [6.45, 7) is 2.70. The van der Waals surface area contributed by atoms with E-state index in [1.54, 1.807) is 12.1 Å². The average molecular weight is 332 g/mol. The van der Waals surface area contributed by atoms with Gasteiger partial charge in [0.1, 0.15) is 6.10 Å². The van der Waals surface area contributed by atoms with Crippen molar-refractivity contribution in [2.75, 3.05) is 18.5 Å². The van der Waals surface area contributed by atoms with Crippen molar-refractivity contribution in [3.05, 3.63) is 29.8 Å². The Kier molecular flexibility index (Phi) is 5.16. The van der Waals surface area contributed by atoms with E-state index in [1.165, 1.54) is 6.42 Å². The molecule has 1 saturated carbocycles. The summed E-state index contributed by atoms with van der Waals surface area (Å²) in [4.78, 5) is 23.8. The number of hydrogen-bond acceptors (Lipinski definition) is 4. The molecule has 2 aliphatic rings. The number of carbonyl (C=O) groups is 2. The Balaban J connectivity index is 1.43. The molecule has 0 radical (unpaired) electrons. The van der Waals surface area contributed by atoms with E-state index >= 15 is 0 Å². The summed E-state index contributed by atoms with van der Waals surface area (Å²) >= 11 is 0. The molecule has 1 saturated heterocycles. The molecule has 1 aromatic carbocycles. The summed E-state index contributed by atoms with van der Waals surface area (Å²) in [6, 6.07) is 7.28. The Morgan fingerprint density at radius 1 is 1.12 bits per heavy atom. The summed E-state index contributed by atoms with van der Waals surface area (Å²) in [7, 11) is 0. The van der Waals surface area contributed by atoms with Crippen molar-refractivity contribution >= 4 is 17.5 Å². The number of nitrogens with one attached hydrogen (secondary N) is 2. The fourth-order valence-electron chi connectivity index (χ4n) is 3.18. The number of benzene rings is 1. The predicted molar refractivity (Wildman–Crippen MR) is 89.5 cm³/mol. The Morgan fingerprint density at radius 2 is 1.83 bits per heavy atom. The van der Waals surface area contributed by atoms with E-state index in [-0.39, 0.29) is 12.6 Å². The monoisotopic (exact) mass is 332 g/mol. The lowest BCUT2D eigenvalue weighted by molar-refractivity contribution is -0.186. The first kappa shape index (κ1) is 16.9. The van der Waals surface area contributed by atoms with Gasteiger partial charge in [0.25, 0.3) is 0 Å². The van der Waals surface area contributed by atoms with E-state index in [0.717, 1.165) is 31.2 Å². The Labute approximate surface area is 141 Å². The van der Waals surface area contributed by atoms with Crippen LogP contribution in [0.2, 0.25) is 0 Å². The summed E-state index contributed by atoms with van der Waals surface area (Å²) in [5.41, 5.74) is 1.69. The number of carbonyl (C=O) groups excluding carboxylic acids is 2. The molecule has 2 N–H and O–H groups in total. The van der Waals surface area contributed by atoms with Crippen molar-refractivity contribution in [2.24, 2.45) is 0 Å². The molecule has 0 bridgehead atoms. The van der Waals surface area contributed by atoms with Gasteiger partial charge in [-0.05, 0) is 31.9 Å². The molecule has 2 fully saturated rings. The minimum absolute atomic E-state index is 0.195. The van der Waals surface area contributed by atoms with Crippen LogP contribution >= 0.6 is 0 Å². The molecule has 1 unspecified atom stereocenters. The molecule has 0 aromatic heterocycles. The molecule has 6 heteroatoms. The highest BCUT2D eigenvalue weighted by Gasteiger charge is 2.42. The van der Waals surface area contributed by atoms with Gasteiger partial charge >= 0.3 is 11.8 Å². The van der Waals surface area contributed by atoms with E-state index in [9.17, 15) is 9.59 Å². The van der Waals surface area contributed by atoms with E-state index in [4.69, 9.17) is 9.47 Å². The first-order valence-electron chi connectivity index (χ1n) is 8.54. The Morgan fingerprint density at radius 3 is 2.54 bits per heavy atom. The average Bonchev–Trinajstić information content (AvgIpc) is 2.98. The largest absolute Gasteiger partial charge is 0.347 e. The van der Waals surface area contributed by atoms with Crippen molar-refractivity contribution in [3.63, 3.8) is 0 Å². The first-order chi connectivity index (χ1) is 11.6. The smallest absolute Gasteiger partial charge is 0.313 e. The minimum atomic E-state index is -0.676. The van der Waals surface area contributed by atoms with Gasteiger partial charge in [0.05, 0.1) is 6.61 Å². The number of rotatable bonds is 3. The molecule has 1 heterocycles. The van der Waals surface area contributed by atoms with Crippen LogP contribution in [0.3, 0.4) is 0 Å². The molecule has 1 aromatic rings. The van der Waals surface area contributed by atoms with Gasteiger partial charge in [0.2, 0.25) is 0 Å². The molecule has 1 aliphatic heterocycles. The maximum absolute atomic E-state index is 11.9. The van der Waals surface area contributed by atoms with Gasteiger partial charge in [-0.15, -0.1) is 0 Å². The van der Waals surface area contributed by atoms with E-state index in [2.05, 4.69) is 10.6 Å². The normalized spacial score (nSPS) is 22.3. The van der Waals surface area contributed by atoms with Crippen LogP contribution in [0.25, 0.3) is 0 Å². The lowest BCUT2D eigenvalue weighted by Crippen LogP contribution is -2.41. The molecule has 1 atom stereocenters. The van der Waals surface area contributed by atoms with Crippen molar-refractivity contribution in [3.8, 4) is 0 Å². The maximum atomic E-state index is 11.9. The van der Waals surface area contributed by atoms with Crippen LogP contribution in [-0.2, 0) is 19.1 Å². The third kappa shape index (κ3) is 4.13. The molecule has 2 amide bonds. The highest BCUT2D eigenvalue weighted by molar-refractivity contribution is 6.39. The molecular weight excluding hydrogens is 308 g/mol. The second kappa shape index (κ2) is 7.32. The Bertz CT molecular complexity index is 594. The number of ether oxygens (including phenoxy) is 2. The zero-order chi connectivity index (χ0) is 17.0. The zero-order valence-corrected chi connectivity index (χ0v) is 14.0.